The molecule has 0 radical (unpaired) electrons. The van der Waals surface area contributed by atoms with E-state index in [-0.39, 0.29) is 12.5 Å². The number of nitrogens with zero attached hydrogens (tertiary/aromatic N) is 1. The lowest BCUT2D eigenvalue weighted by Crippen LogP contribution is -2.49. The van der Waals surface area contributed by atoms with Crippen LogP contribution < -0.4 is 5.32 Å². The van der Waals surface area contributed by atoms with Gasteiger partial charge in [-0.2, -0.15) is 0 Å². The molecule has 110 valence electrons. The number of rotatable bonds is 6. The van der Waals surface area contributed by atoms with Crippen molar-refractivity contribution in [1.29, 1.82) is 0 Å². The Balaban J connectivity index is 1.72. The van der Waals surface area contributed by atoms with Crippen molar-refractivity contribution in [3.8, 4) is 0 Å². The normalized spacial score (nSPS) is 28.2. The molecule has 4 nitrogen and oxygen atoms in total. The Kier molecular flexibility index (Phi) is 5.64. The van der Waals surface area contributed by atoms with Crippen LogP contribution in [-0.2, 0) is 4.79 Å². The average Bonchev–Trinajstić information content (AvgIpc) is 2.30. The van der Waals surface area contributed by atoms with Gasteiger partial charge in [0, 0.05) is 18.6 Å². The molecule has 2 saturated carbocycles. The molecular weight excluding hydrogens is 240 g/mol. The molecular formula is C15H28N2O2. The van der Waals surface area contributed by atoms with Gasteiger partial charge in [-0.15, -0.1) is 0 Å². The summed E-state index contributed by atoms with van der Waals surface area (Å²) in [6.07, 6.45) is 8.31. The fourth-order valence-corrected chi connectivity index (χ4v) is 3.13. The van der Waals surface area contributed by atoms with Gasteiger partial charge in [-0.25, -0.2) is 0 Å². The maximum Gasteiger partial charge on any atom is 0.234 e. The summed E-state index contributed by atoms with van der Waals surface area (Å²) in [7, 11) is 0. The molecule has 0 unspecified atom stereocenters. The number of aliphatic hydroxyl groups is 1. The molecule has 2 aliphatic carbocycles. The molecule has 0 aromatic heterocycles. The molecule has 19 heavy (non-hydrogen) atoms. The second-order valence-corrected chi connectivity index (χ2v) is 6.30. The van der Waals surface area contributed by atoms with E-state index in [0.717, 1.165) is 18.8 Å². The van der Waals surface area contributed by atoms with E-state index in [0.29, 0.717) is 25.2 Å². The highest BCUT2D eigenvalue weighted by atomic mass is 16.3. The lowest BCUT2D eigenvalue weighted by molar-refractivity contribution is -0.124. The smallest absolute Gasteiger partial charge is 0.234 e. The van der Waals surface area contributed by atoms with Gasteiger partial charge >= 0.3 is 0 Å². The highest BCUT2D eigenvalue weighted by Gasteiger charge is 2.27. The average molecular weight is 268 g/mol. The van der Waals surface area contributed by atoms with E-state index in [1.807, 2.05) is 0 Å². The highest BCUT2D eigenvalue weighted by Crippen LogP contribution is 2.25. The van der Waals surface area contributed by atoms with E-state index in [9.17, 15) is 4.79 Å². The summed E-state index contributed by atoms with van der Waals surface area (Å²) < 4.78 is 0. The zero-order chi connectivity index (χ0) is 13.7. The minimum atomic E-state index is 0.139. The highest BCUT2D eigenvalue weighted by molar-refractivity contribution is 5.78. The van der Waals surface area contributed by atoms with Gasteiger partial charge in [-0.1, -0.05) is 13.3 Å². The summed E-state index contributed by atoms with van der Waals surface area (Å²) in [6, 6.07) is 0.894. The van der Waals surface area contributed by atoms with Crippen LogP contribution in [0.5, 0.6) is 0 Å². The van der Waals surface area contributed by atoms with E-state index >= 15 is 0 Å². The van der Waals surface area contributed by atoms with E-state index in [1.54, 1.807) is 0 Å². The van der Waals surface area contributed by atoms with Crippen molar-refractivity contribution in [1.82, 2.24) is 10.2 Å². The van der Waals surface area contributed by atoms with Crippen LogP contribution in [0.3, 0.4) is 0 Å². The second-order valence-electron chi connectivity index (χ2n) is 6.30. The van der Waals surface area contributed by atoms with Gasteiger partial charge in [0.1, 0.15) is 0 Å². The van der Waals surface area contributed by atoms with Crippen molar-refractivity contribution in [3.63, 3.8) is 0 Å². The van der Waals surface area contributed by atoms with E-state index in [1.165, 1.54) is 32.1 Å². The summed E-state index contributed by atoms with van der Waals surface area (Å²) in [6.45, 7) is 3.51. The zero-order valence-corrected chi connectivity index (χ0v) is 12.1. The van der Waals surface area contributed by atoms with Crippen molar-refractivity contribution in [2.75, 3.05) is 19.7 Å². The maximum atomic E-state index is 12.1. The lowest BCUT2D eigenvalue weighted by atomic mass is 9.87. The molecule has 4 heteroatoms. The molecule has 2 fully saturated rings. The molecule has 0 atom stereocenters. The molecule has 0 saturated heterocycles. The topological polar surface area (TPSA) is 52.6 Å². The third-order valence-electron chi connectivity index (χ3n) is 4.71. The van der Waals surface area contributed by atoms with E-state index < -0.39 is 0 Å². The minimum absolute atomic E-state index is 0.139. The van der Waals surface area contributed by atoms with Gasteiger partial charge in [0.05, 0.1) is 13.2 Å². The molecule has 2 rings (SSSR count). The fourth-order valence-electron chi connectivity index (χ4n) is 3.13. The largest absolute Gasteiger partial charge is 0.395 e. The number of amides is 1. The van der Waals surface area contributed by atoms with Gasteiger partial charge in [0.25, 0.3) is 0 Å². The molecule has 0 aromatic rings. The monoisotopic (exact) mass is 268 g/mol. The van der Waals surface area contributed by atoms with Gasteiger partial charge in [0.15, 0.2) is 0 Å². The standard InChI is InChI=1S/C15H28N2O2/c1-12-5-7-13(8-6-12)16-15(19)11-17(9-10-18)14-3-2-4-14/h12-14,18H,2-11H2,1H3,(H,16,19). The Labute approximate surface area is 116 Å². The molecule has 0 spiro atoms. The van der Waals surface area contributed by atoms with Gasteiger partial charge in [-0.3, -0.25) is 9.69 Å². The predicted molar refractivity (Wildman–Crippen MR) is 75.9 cm³/mol. The van der Waals surface area contributed by atoms with Crippen molar-refractivity contribution < 1.29 is 9.90 Å². The van der Waals surface area contributed by atoms with Gasteiger partial charge in [-0.05, 0) is 44.4 Å². The Bertz CT molecular complexity index is 284. The molecule has 0 bridgehead atoms. The summed E-state index contributed by atoms with van der Waals surface area (Å²) in [5.74, 6) is 0.953. The molecule has 0 aromatic carbocycles. The van der Waals surface area contributed by atoms with Crippen LogP contribution >= 0.6 is 0 Å². The summed E-state index contributed by atoms with van der Waals surface area (Å²) in [5.41, 5.74) is 0. The Hall–Kier alpha value is -0.610. The van der Waals surface area contributed by atoms with Crippen LogP contribution in [0.4, 0.5) is 0 Å². The Morgan fingerprint density at radius 1 is 1.21 bits per heavy atom. The number of carbonyl (C=O) groups is 1. The quantitative estimate of drug-likeness (QED) is 0.768. The zero-order valence-electron chi connectivity index (χ0n) is 12.1. The van der Waals surface area contributed by atoms with Gasteiger partial charge < -0.3 is 10.4 Å². The summed E-state index contributed by atoms with van der Waals surface area (Å²) in [5, 5.41) is 12.3. The van der Waals surface area contributed by atoms with Crippen molar-refractivity contribution in [2.24, 2.45) is 5.92 Å². The summed E-state index contributed by atoms with van der Waals surface area (Å²) in [4.78, 5) is 14.2. The van der Waals surface area contributed by atoms with Crippen LogP contribution in [-0.4, -0.2) is 47.7 Å². The van der Waals surface area contributed by atoms with Crippen molar-refractivity contribution >= 4 is 5.91 Å². The first-order valence-corrected chi connectivity index (χ1v) is 7.83. The van der Waals surface area contributed by atoms with Crippen LogP contribution in [0, 0.1) is 5.92 Å². The third-order valence-corrected chi connectivity index (χ3v) is 4.71. The summed E-state index contributed by atoms with van der Waals surface area (Å²) >= 11 is 0. The SMILES string of the molecule is CC1CCC(NC(=O)CN(CCO)C2CCC2)CC1. The van der Waals surface area contributed by atoms with Crippen LogP contribution in [0.25, 0.3) is 0 Å². The third kappa shape index (κ3) is 4.46. The molecule has 2 N–H and O–H groups in total. The van der Waals surface area contributed by atoms with Crippen LogP contribution in [0.1, 0.15) is 51.9 Å². The predicted octanol–water partition coefficient (Wildman–Crippen LogP) is 1.53. The number of aliphatic hydroxyl groups excluding tert-OH is 1. The van der Waals surface area contributed by atoms with Gasteiger partial charge in [0.2, 0.25) is 5.91 Å². The first kappa shape index (κ1) is 14.8. The number of hydrogen-bond donors (Lipinski definition) is 2. The molecule has 1 amide bonds. The number of carbonyl (C=O) groups excluding carboxylic acids is 1. The Morgan fingerprint density at radius 3 is 2.42 bits per heavy atom. The number of hydrogen-bond acceptors (Lipinski definition) is 3. The van der Waals surface area contributed by atoms with E-state index in [2.05, 4.69) is 17.1 Å². The lowest BCUT2D eigenvalue weighted by Gasteiger charge is -2.37. The van der Waals surface area contributed by atoms with Crippen molar-refractivity contribution in [3.05, 3.63) is 0 Å². The molecule has 2 aliphatic rings. The fraction of sp³-hybridized carbons (Fsp3) is 0.933. The first-order chi connectivity index (χ1) is 9.19. The number of nitrogens with one attached hydrogen (secondary N) is 1. The minimum Gasteiger partial charge on any atom is -0.395 e. The first-order valence-electron chi connectivity index (χ1n) is 7.83. The second kappa shape index (κ2) is 7.25. The van der Waals surface area contributed by atoms with Crippen molar-refractivity contribution in [2.45, 2.75) is 64.0 Å². The Morgan fingerprint density at radius 2 is 1.89 bits per heavy atom. The van der Waals surface area contributed by atoms with Crippen LogP contribution in [0.15, 0.2) is 0 Å². The van der Waals surface area contributed by atoms with Crippen LogP contribution in [0.2, 0.25) is 0 Å². The van der Waals surface area contributed by atoms with E-state index in [4.69, 9.17) is 5.11 Å². The molecule has 0 aliphatic heterocycles. The maximum absolute atomic E-state index is 12.1. The molecule has 0 heterocycles.